The van der Waals surface area contributed by atoms with E-state index < -0.39 is 12.0 Å². The van der Waals surface area contributed by atoms with Crippen LogP contribution in [-0.4, -0.2) is 42.9 Å². The molecule has 2 aromatic heterocycles. The normalized spacial score (nSPS) is 17.6. The molecule has 2 aliphatic heterocycles. The number of ether oxygens (including phenoxy) is 1. The molecule has 0 bridgehead atoms. The molecule has 0 saturated heterocycles. The topological polar surface area (TPSA) is 111 Å². The third-order valence-electron chi connectivity index (χ3n) is 5.77. The van der Waals surface area contributed by atoms with E-state index in [-0.39, 0.29) is 23.1 Å². The number of hydrogen-bond acceptors (Lipinski definition) is 5. The summed E-state index contributed by atoms with van der Waals surface area (Å²) in [5, 5.41) is 16.9. The molecule has 0 spiro atoms. The van der Waals surface area contributed by atoms with E-state index in [1.807, 2.05) is 4.57 Å². The van der Waals surface area contributed by atoms with E-state index in [0.29, 0.717) is 23.7 Å². The summed E-state index contributed by atoms with van der Waals surface area (Å²) in [6.07, 6.45) is 6.36. The van der Waals surface area contributed by atoms with Crippen molar-refractivity contribution in [3.63, 3.8) is 0 Å². The highest BCUT2D eigenvalue weighted by molar-refractivity contribution is 6.35. The van der Waals surface area contributed by atoms with Crippen molar-refractivity contribution in [2.24, 2.45) is 0 Å². The van der Waals surface area contributed by atoms with Gasteiger partial charge in [-0.3, -0.25) is 4.79 Å². The number of aromatic carboxylic acids is 1. The average Bonchev–Trinajstić information content (AvgIpc) is 3.39. The molecule has 4 heterocycles. The lowest BCUT2D eigenvalue weighted by molar-refractivity contribution is 0.0681. The second-order valence-corrected chi connectivity index (χ2v) is 8.01. The van der Waals surface area contributed by atoms with Crippen LogP contribution in [0.5, 0.6) is 0 Å². The zero-order valence-corrected chi connectivity index (χ0v) is 17.3. The van der Waals surface area contributed by atoms with Gasteiger partial charge < -0.3 is 19.7 Å². The fraction of sp³-hybridized carbons (Fsp3) is 0.333. The smallest absolute Gasteiger partial charge is 0.337 e. The number of carbonyl (C=O) groups is 2. The molecule has 5 rings (SSSR count). The van der Waals surface area contributed by atoms with E-state index in [2.05, 4.69) is 15.4 Å². The van der Waals surface area contributed by atoms with Gasteiger partial charge in [0.15, 0.2) is 0 Å². The summed E-state index contributed by atoms with van der Waals surface area (Å²) >= 11 is 6.33. The maximum absolute atomic E-state index is 13.0. The van der Waals surface area contributed by atoms with Gasteiger partial charge in [-0.2, -0.15) is 5.10 Å². The van der Waals surface area contributed by atoms with Gasteiger partial charge in [0.05, 0.1) is 59.4 Å². The number of benzene rings is 1. The van der Waals surface area contributed by atoms with Gasteiger partial charge >= 0.3 is 5.97 Å². The van der Waals surface area contributed by atoms with E-state index in [0.717, 1.165) is 37.1 Å². The number of nitrogens with zero attached hydrogens (tertiary/aromatic N) is 4. The van der Waals surface area contributed by atoms with Crippen molar-refractivity contribution < 1.29 is 19.4 Å². The van der Waals surface area contributed by atoms with Gasteiger partial charge in [0.25, 0.3) is 5.91 Å². The lowest BCUT2D eigenvalue weighted by Gasteiger charge is -2.25. The number of rotatable bonds is 4. The number of amides is 1. The Hall–Kier alpha value is -3.17. The molecular formula is C21H20ClN5O4. The number of aryl methyl sites for hydroxylation is 1. The van der Waals surface area contributed by atoms with E-state index >= 15 is 0 Å². The highest BCUT2D eigenvalue weighted by atomic mass is 35.5. The fourth-order valence-corrected chi connectivity index (χ4v) is 4.50. The van der Waals surface area contributed by atoms with Crippen molar-refractivity contribution in [3.05, 3.63) is 64.0 Å². The van der Waals surface area contributed by atoms with Crippen LogP contribution in [0.1, 0.15) is 56.7 Å². The van der Waals surface area contributed by atoms with Gasteiger partial charge in [0, 0.05) is 12.1 Å². The van der Waals surface area contributed by atoms with Crippen LogP contribution in [0.3, 0.4) is 0 Å². The summed E-state index contributed by atoms with van der Waals surface area (Å²) in [5.41, 5.74) is 3.39. The lowest BCUT2D eigenvalue weighted by atomic mass is 10.0. The first-order valence-electron chi connectivity index (χ1n) is 10.1. The molecule has 1 amide bonds. The maximum Gasteiger partial charge on any atom is 0.337 e. The highest BCUT2D eigenvalue weighted by Gasteiger charge is 2.30. The zero-order valence-electron chi connectivity index (χ0n) is 16.5. The van der Waals surface area contributed by atoms with Crippen LogP contribution in [0.15, 0.2) is 30.7 Å². The number of hydrogen-bond donors (Lipinski definition) is 2. The zero-order chi connectivity index (χ0) is 21.5. The van der Waals surface area contributed by atoms with Gasteiger partial charge in [-0.05, 0) is 31.4 Å². The van der Waals surface area contributed by atoms with Crippen LogP contribution in [-0.2, 0) is 24.3 Å². The predicted molar refractivity (Wildman–Crippen MR) is 111 cm³/mol. The Bertz CT molecular complexity index is 1180. The maximum atomic E-state index is 13.0. The molecular weight excluding hydrogens is 422 g/mol. The third kappa shape index (κ3) is 3.39. The van der Waals surface area contributed by atoms with Crippen LogP contribution < -0.4 is 5.32 Å². The third-order valence-corrected chi connectivity index (χ3v) is 6.16. The van der Waals surface area contributed by atoms with E-state index in [1.54, 1.807) is 29.3 Å². The fourth-order valence-electron chi connectivity index (χ4n) is 4.21. The molecule has 2 N–H and O–H groups in total. The molecule has 0 fully saturated rings. The number of aromatic nitrogens is 4. The molecule has 3 aromatic rings. The molecule has 0 aliphatic carbocycles. The van der Waals surface area contributed by atoms with Crippen molar-refractivity contribution >= 4 is 23.5 Å². The first kappa shape index (κ1) is 19.8. The van der Waals surface area contributed by atoms with Gasteiger partial charge in [-0.1, -0.05) is 17.7 Å². The van der Waals surface area contributed by atoms with Crippen LogP contribution in [0.4, 0.5) is 0 Å². The van der Waals surface area contributed by atoms with Gasteiger partial charge in [0.2, 0.25) is 0 Å². The Labute approximate surface area is 182 Å². The summed E-state index contributed by atoms with van der Waals surface area (Å²) in [6, 6.07) is 4.35. The first-order chi connectivity index (χ1) is 15.0. The number of carbonyl (C=O) groups excluding carboxylic acids is 1. The van der Waals surface area contributed by atoms with Gasteiger partial charge in [-0.25, -0.2) is 14.5 Å². The van der Waals surface area contributed by atoms with Gasteiger partial charge in [0.1, 0.15) is 5.69 Å². The quantitative estimate of drug-likeness (QED) is 0.644. The first-order valence-corrected chi connectivity index (χ1v) is 10.4. The largest absolute Gasteiger partial charge is 0.478 e. The minimum absolute atomic E-state index is 0.00504. The van der Waals surface area contributed by atoms with Crippen molar-refractivity contribution in [2.75, 3.05) is 6.61 Å². The van der Waals surface area contributed by atoms with Crippen LogP contribution >= 0.6 is 11.6 Å². The summed E-state index contributed by atoms with van der Waals surface area (Å²) in [6.45, 7) is 1.47. The summed E-state index contributed by atoms with van der Waals surface area (Å²) in [4.78, 5) is 28.7. The SMILES string of the molecule is O=C(O)c1cccc(-n2ncc3c2COCC3NC(=O)c2ncn3c2CCCC3)c1Cl. The number of nitrogens with one attached hydrogen (secondary N) is 1. The second kappa shape index (κ2) is 7.82. The monoisotopic (exact) mass is 441 g/mol. The second-order valence-electron chi connectivity index (χ2n) is 7.63. The number of imidazole rings is 1. The van der Waals surface area contributed by atoms with E-state index in [1.165, 1.54) is 6.07 Å². The molecule has 10 heteroatoms. The molecule has 0 saturated carbocycles. The molecule has 160 valence electrons. The molecule has 2 aliphatic rings. The van der Waals surface area contributed by atoms with Crippen molar-refractivity contribution in [3.8, 4) is 5.69 Å². The molecule has 1 unspecified atom stereocenters. The number of carboxylic acids is 1. The van der Waals surface area contributed by atoms with Crippen LogP contribution in [0.2, 0.25) is 5.02 Å². The van der Waals surface area contributed by atoms with Crippen LogP contribution in [0.25, 0.3) is 5.69 Å². The molecule has 9 nitrogen and oxygen atoms in total. The Morgan fingerprint density at radius 3 is 2.97 bits per heavy atom. The highest BCUT2D eigenvalue weighted by Crippen LogP contribution is 2.31. The number of carboxylic acid groups (broad SMARTS) is 1. The predicted octanol–water partition coefficient (Wildman–Crippen LogP) is 2.76. The van der Waals surface area contributed by atoms with E-state index in [4.69, 9.17) is 16.3 Å². The Kier molecular flexibility index (Phi) is 4.99. The van der Waals surface area contributed by atoms with Crippen molar-refractivity contribution in [1.82, 2.24) is 24.6 Å². The van der Waals surface area contributed by atoms with Gasteiger partial charge in [-0.15, -0.1) is 0 Å². The number of fused-ring (bicyclic) bond motifs is 2. The standard InChI is InChI=1S/C21H20ClN5O4/c22-18-12(21(29)30)4-3-6-15(18)27-17-10-31-9-14(13(17)8-24-27)25-20(28)19-16-5-1-2-7-26(16)11-23-19/h3-4,6,8,11,14H,1-2,5,7,9-10H2,(H,25,28)(H,29,30). The molecule has 0 radical (unpaired) electrons. The summed E-state index contributed by atoms with van der Waals surface area (Å²) < 4.78 is 9.33. The summed E-state index contributed by atoms with van der Waals surface area (Å²) in [7, 11) is 0. The Morgan fingerprint density at radius 1 is 1.26 bits per heavy atom. The average molecular weight is 442 g/mol. The van der Waals surface area contributed by atoms with Crippen LogP contribution in [0, 0.1) is 0 Å². The molecule has 1 atom stereocenters. The molecule has 31 heavy (non-hydrogen) atoms. The van der Waals surface area contributed by atoms with E-state index in [9.17, 15) is 14.7 Å². The minimum atomic E-state index is -1.11. The minimum Gasteiger partial charge on any atom is -0.478 e. The lowest BCUT2D eigenvalue weighted by Crippen LogP contribution is -2.35. The molecule has 1 aromatic carbocycles. The van der Waals surface area contributed by atoms with Crippen molar-refractivity contribution in [1.29, 1.82) is 0 Å². The van der Waals surface area contributed by atoms with Crippen molar-refractivity contribution in [2.45, 2.75) is 38.5 Å². The Balaban J connectivity index is 1.44. The summed E-state index contributed by atoms with van der Waals surface area (Å²) in [5.74, 6) is -1.35. The Morgan fingerprint density at radius 2 is 2.13 bits per heavy atom. The number of halogens is 1.